The topological polar surface area (TPSA) is 87.9 Å². The molecule has 0 saturated carbocycles. The number of carbonyl (C=O) groups excluding carboxylic acids is 2. The quantitative estimate of drug-likeness (QED) is 0.664. The molecule has 2 aromatic carbocycles. The van der Waals surface area contributed by atoms with Crippen molar-refractivity contribution in [2.45, 2.75) is 31.8 Å². The normalized spacial score (nSPS) is 18.2. The zero-order valence-electron chi connectivity index (χ0n) is 17.3. The number of carbonyl (C=O) groups is 2. The number of nitrogens with two attached hydrogens (primary N) is 1. The minimum atomic E-state index is -0.748. The van der Waals surface area contributed by atoms with Crippen molar-refractivity contribution in [3.05, 3.63) is 87.2 Å². The molecule has 0 fully saturated rings. The maximum atomic E-state index is 13.1. The van der Waals surface area contributed by atoms with Crippen LogP contribution in [-0.4, -0.2) is 18.9 Å². The second kappa shape index (κ2) is 9.04. The van der Waals surface area contributed by atoms with E-state index in [0.717, 1.165) is 5.56 Å². The Labute approximate surface area is 189 Å². The largest absolute Gasteiger partial charge is 0.487 e. The van der Waals surface area contributed by atoms with Crippen molar-refractivity contribution >= 4 is 23.4 Å². The lowest BCUT2D eigenvalue weighted by Crippen LogP contribution is -2.31. The molecule has 2 N–H and O–H groups in total. The smallest absolute Gasteiger partial charge is 0.340 e. The second-order valence-corrected chi connectivity index (χ2v) is 7.93. The molecule has 32 heavy (non-hydrogen) atoms. The van der Waals surface area contributed by atoms with Crippen LogP contribution < -0.4 is 10.5 Å². The maximum absolute atomic E-state index is 13.1. The minimum Gasteiger partial charge on any atom is -0.487 e. The number of benzene rings is 2. The van der Waals surface area contributed by atoms with E-state index in [1.807, 2.05) is 0 Å². The van der Waals surface area contributed by atoms with Crippen molar-refractivity contribution in [2.24, 2.45) is 5.73 Å². The van der Waals surface area contributed by atoms with Crippen molar-refractivity contribution in [1.82, 2.24) is 0 Å². The Morgan fingerprint density at radius 2 is 1.97 bits per heavy atom. The molecule has 0 amide bonds. The highest BCUT2D eigenvalue weighted by atomic mass is 35.5. The number of rotatable bonds is 5. The number of halogens is 2. The molecule has 0 spiro atoms. The lowest BCUT2D eigenvalue weighted by Gasteiger charge is -2.32. The van der Waals surface area contributed by atoms with Gasteiger partial charge in [0.15, 0.2) is 5.78 Å². The number of esters is 1. The van der Waals surface area contributed by atoms with Crippen LogP contribution in [0.15, 0.2) is 65.3 Å². The first-order valence-electron chi connectivity index (χ1n) is 10.1. The molecule has 6 nitrogen and oxygen atoms in total. The van der Waals surface area contributed by atoms with E-state index >= 15 is 0 Å². The van der Waals surface area contributed by atoms with E-state index in [1.165, 1.54) is 19.2 Å². The Bertz CT molecular complexity index is 1140. The maximum Gasteiger partial charge on any atom is 0.340 e. The van der Waals surface area contributed by atoms with Crippen LogP contribution in [0.4, 0.5) is 4.39 Å². The van der Waals surface area contributed by atoms with E-state index in [9.17, 15) is 14.0 Å². The van der Waals surface area contributed by atoms with Crippen LogP contribution in [0.3, 0.4) is 0 Å². The Kier molecular flexibility index (Phi) is 6.19. The van der Waals surface area contributed by atoms with Crippen molar-refractivity contribution in [1.29, 1.82) is 0 Å². The molecular weight excluding hydrogens is 437 g/mol. The van der Waals surface area contributed by atoms with Crippen LogP contribution in [0.5, 0.6) is 5.75 Å². The number of Topliss-reactive ketones (excluding diaryl/α,β-unsaturated/α-hetero) is 1. The summed E-state index contributed by atoms with van der Waals surface area (Å²) < 4.78 is 29.4. The molecule has 1 aliphatic heterocycles. The SMILES string of the molecule is COC(=O)C1=C(N)OC2=C(C(=O)CCC2)[C@@H]1c1ccc(OCc2ccc(F)cc2)c(Cl)c1. The minimum absolute atomic E-state index is 0.0672. The van der Waals surface area contributed by atoms with Crippen LogP contribution >= 0.6 is 11.6 Å². The molecule has 8 heteroatoms. The highest BCUT2D eigenvalue weighted by Crippen LogP contribution is 2.45. The van der Waals surface area contributed by atoms with Crippen LogP contribution in [0.2, 0.25) is 5.02 Å². The third-order valence-corrected chi connectivity index (χ3v) is 5.78. The third kappa shape index (κ3) is 4.21. The molecule has 2 aliphatic rings. The molecule has 1 aliphatic carbocycles. The van der Waals surface area contributed by atoms with Gasteiger partial charge in [-0.1, -0.05) is 29.8 Å². The van der Waals surface area contributed by atoms with Crippen LogP contribution in [0.25, 0.3) is 0 Å². The summed E-state index contributed by atoms with van der Waals surface area (Å²) in [5.41, 5.74) is 7.90. The molecule has 0 bridgehead atoms. The molecule has 4 rings (SSSR count). The van der Waals surface area contributed by atoms with Gasteiger partial charge >= 0.3 is 5.97 Å². The predicted molar refractivity (Wildman–Crippen MR) is 115 cm³/mol. The number of allylic oxidation sites excluding steroid dienone is 2. The number of ketones is 1. The highest BCUT2D eigenvalue weighted by molar-refractivity contribution is 6.32. The summed E-state index contributed by atoms with van der Waals surface area (Å²) in [6, 6.07) is 11.0. The Balaban J connectivity index is 1.67. The lowest BCUT2D eigenvalue weighted by molar-refractivity contribution is -0.136. The van der Waals surface area contributed by atoms with Crippen molar-refractivity contribution in [2.75, 3.05) is 7.11 Å². The second-order valence-electron chi connectivity index (χ2n) is 7.52. The van der Waals surface area contributed by atoms with Gasteiger partial charge in [-0.05, 0) is 41.8 Å². The first-order chi connectivity index (χ1) is 15.4. The summed E-state index contributed by atoms with van der Waals surface area (Å²) >= 11 is 6.47. The summed E-state index contributed by atoms with van der Waals surface area (Å²) in [7, 11) is 1.24. The Hall–Kier alpha value is -3.32. The number of ether oxygens (including phenoxy) is 3. The van der Waals surface area contributed by atoms with Gasteiger partial charge in [0.25, 0.3) is 0 Å². The Morgan fingerprint density at radius 1 is 1.22 bits per heavy atom. The van der Waals surface area contributed by atoms with Crippen molar-refractivity contribution in [3.63, 3.8) is 0 Å². The van der Waals surface area contributed by atoms with E-state index < -0.39 is 11.9 Å². The fourth-order valence-corrected chi connectivity index (χ4v) is 4.20. The van der Waals surface area contributed by atoms with Crippen LogP contribution in [-0.2, 0) is 25.7 Å². The van der Waals surface area contributed by atoms with E-state index in [-0.39, 0.29) is 29.7 Å². The van der Waals surface area contributed by atoms with Gasteiger partial charge in [0.1, 0.15) is 29.5 Å². The van der Waals surface area contributed by atoms with E-state index in [4.69, 9.17) is 31.5 Å². The van der Waals surface area contributed by atoms with Gasteiger partial charge in [0.05, 0.1) is 18.1 Å². The number of methoxy groups -OCH3 is 1. The average molecular weight is 458 g/mol. The highest BCUT2D eigenvalue weighted by Gasteiger charge is 2.41. The molecule has 0 radical (unpaired) electrons. The molecule has 166 valence electrons. The first kappa shape index (κ1) is 21.9. The van der Waals surface area contributed by atoms with Crippen molar-refractivity contribution in [3.8, 4) is 5.75 Å². The van der Waals surface area contributed by atoms with Crippen LogP contribution in [0, 0.1) is 5.82 Å². The monoisotopic (exact) mass is 457 g/mol. The number of hydrogen-bond donors (Lipinski definition) is 1. The standard InChI is InChI=1S/C24H21ClFNO5/c1-30-24(29)22-20(21-17(28)3-2-4-19(21)32-23(22)27)14-7-10-18(16(25)11-14)31-12-13-5-8-15(26)9-6-13/h5-11,20H,2-4,12,27H2,1H3/t20-/m0/s1. The average Bonchev–Trinajstić information content (AvgIpc) is 2.78. The fraction of sp³-hybridized carbons (Fsp3) is 0.250. The molecule has 0 aromatic heterocycles. The zero-order valence-corrected chi connectivity index (χ0v) is 18.1. The molecule has 1 atom stereocenters. The van der Waals surface area contributed by atoms with Gasteiger partial charge in [-0.3, -0.25) is 4.79 Å². The fourth-order valence-electron chi connectivity index (χ4n) is 3.95. The molecular formula is C24H21ClFNO5. The molecule has 0 unspecified atom stereocenters. The van der Waals surface area contributed by atoms with E-state index in [1.54, 1.807) is 30.3 Å². The van der Waals surface area contributed by atoms with Crippen molar-refractivity contribution < 1.29 is 28.2 Å². The summed E-state index contributed by atoms with van der Waals surface area (Å²) in [5.74, 6) is -1.04. The van der Waals surface area contributed by atoms with Gasteiger partial charge in [-0.15, -0.1) is 0 Å². The first-order valence-corrected chi connectivity index (χ1v) is 10.5. The predicted octanol–water partition coefficient (Wildman–Crippen LogP) is 4.52. The molecule has 0 saturated heterocycles. The Morgan fingerprint density at radius 3 is 2.66 bits per heavy atom. The zero-order chi connectivity index (χ0) is 22.8. The number of hydrogen-bond acceptors (Lipinski definition) is 6. The summed E-state index contributed by atoms with van der Waals surface area (Å²) in [6.45, 7) is 0.199. The lowest BCUT2D eigenvalue weighted by atomic mass is 9.77. The van der Waals surface area contributed by atoms with Gasteiger partial charge in [0, 0.05) is 18.4 Å². The van der Waals surface area contributed by atoms with Crippen LogP contribution in [0.1, 0.15) is 36.3 Å². The van der Waals surface area contributed by atoms with Gasteiger partial charge in [-0.2, -0.15) is 0 Å². The van der Waals surface area contributed by atoms with Gasteiger partial charge in [-0.25, -0.2) is 9.18 Å². The third-order valence-electron chi connectivity index (χ3n) is 5.49. The van der Waals surface area contributed by atoms with Gasteiger partial charge in [0.2, 0.25) is 5.88 Å². The van der Waals surface area contributed by atoms with Gasteiger partial charge < -0.3 is 19.9 Å². The summed E-state index contributed by atoms with van der Waals surface area (Å²) in [6.07, 6.45) is 1.57. The van der Waals surface area contributed by atoms with E-state index in [2.05, 4.69) is 0 Å². The molecule has 2 aromatic rings. The molecule has 1 heterocycles. The summed E-state index contributed by atoms with van der Waals surface area (Å²) in [5, 5.41) is 0.296. The van der Waals surface area contributed by atoms with E-state index in [0.29, 0.717) is 46.9 Å². The summed E-state index contributed by atoms with van der Waals surface area (Å²) in [4.78, 5) is 25.3.